The molecule has 0 bridgehead atoms. The van der Waals surface area contributed by atoms with E-state index in [4.69, 9.17) is 5.26 Å². The first-order chi connectivity index (χ1) is 7.56. The summed E-state index contributed by atoms with van der Waals surface area (Å²) in [4.78, 5) is 12.4. The zero-order chi connectivity index (χ0) is 12.1. The third-order valence-corrected chi connectivity index (χ3v) is 2.44. The summed E-state index contributed by atoms with van der Waals surface area (Å²) in [5.74, 6) is 1.51. The summed E-state index contributed by atoms with van der Waals surface area (Å²) in [7, 11) is 5.74. The molecular weight excluding hydrogens is 202 g/mol. The average molecular weight is 219 g/mol. The number of nitriles is 1. The fraction of sp³-hybridized carbons (Fsp3) is 0.545. The van der Waals surface area contributed by atoms with Gasteiger partial charge in [-0.2, -0.15) is 10.2 Å². The number of rotatable bonds is 4. The van der Waals surface area contributed by atoms with Crippen molar-refractivity contribution in [2.45, 2.75) is 19.4 Å². The second kappa shape index (κ2) is 5.31. The molecule has 1 rings (SSSR count). The molecular formula is C11H17N5. The zero-order valence-corrected chi connectivity index (χ0v) is 10.2. The molecule has 0 aliphatic heterocycles. The summed E-state index contributed by atoms with van der Waals surface area (Å²) in [5, 5.41) is 8.66. The Hall–Kier alpha value is -1.83. The van der Waals surface area contributed by atoms with Crippen LogP contribution in [-0.4, -0.2) is 37.2 Å². The van der Waals surface area contributed by atoms with Gasteiger partial charge < -0.3 is 9.80 Å². The lowest BCUT2D eigenvalue weighted by molar-refractivity contribution is 0.692. The van der Waals surface area contributed by atoms with Crippen LogP contribution in [0.4, 0.5) is 11.8 Å². The molecule has 1 atom stereocenters. The van der Waals surface area contributed by atoms with Crippen molar-refractivity contribution in [3.8, 4) is 6.07 Å². The fourth-order valence-corrected chi connectivity index (χ4v) is 1.25. The molecule has 5 heteroatoms. The van der Waals surface area contributed by atoms with E-state index in [0.717, 1.165) is 5.82 Å². The van der Waals surface area contributed by atoms with Crippen LogP contribution < -0.4 is 9.80 Å². The van der Waals surface area contributed by atoms with Crippen LogP contribution in [0.5, 0.6) is 0 Å². The molecule has 0 radical (unpaired) electrons. The monoisotopic (exact) mass is 219 g/mol. The van der Waals surface area contributed by atoms with Gasteiger partial charge in [0, 0.05) is 33.4 Å². The van der Waals surface area contributed by atoms with E-state index in [-0.39, 0.29) is 6.04 Å². The predicted octanol–water partition coefficient (Wildman–Crippen LogP) is 1.28. The van der Waals surface area contributed by atoms with Crippen molar-refractivity contribution in [3.63, 3.8) is 0 Å². The quantitative estimate of drug-likeness (QED) is 0.763. The summed E-state index contributed by atoms with van der Waals surface area (Å²) in [6.07, 6.45) is 2.21. The summed E-state index contributed by atoms with van der Waals surface area (Å²) < 4.78 is 0. The highest BCUT2D eigenvalue weighted by Crippen LogP contribution is 2.15. The van der Waals surface area contributed by atoms with Crippen LogP contribution in [0.15, 0.2) is 12.3 Å². The van der Waals surface area contributed by atoms with Crippen LogP contribution in [0.25, 0.3) is 0 Å². The standard InChI is InChI=1S/C11H17N5/c1-9(5-7-12)16(4)10-6-8-13-11(14-10)15(2)3/h6,8-9H,5H2,1-4H3. The number of hydrogen-bond acceptors (Lipinski definition) is 5. The third kappa shape index (κ3) is 2.83. The van der Waals surface area contributed by atoms with Crippen molar-refractivity contribution in [2.24, 2.45) is 0 Å². The second-order valence-corrected chi connectivity index (χ2v) is 3.93. The van der Waals surface area contributed by atoms with E-state index in [1.54, 1.807) is 6.20 Å². The summed E-state index contributed by atoms with van der Waals surface area (Å²) in [6.45, 7) is 2.00. The molecule has 0 saturated heterocycles. The van der Waals surface area contributed by atoms with Crippen LogP contribution in [0, 0.1) is 11.3 Å². The van der Waals surface area contributed by atoms with Crippen LogP contribution in [0.1, 0.15) is 13.3 Å². The fourth-order valence-electron chi connectivity index (χ4n) is 1.25. The molecule has 1 aromatic rings. The van der Waals surface area contributed by atoms with E-state index in [9.17, 15) is 0 Å². The summed E-state index contributed by atoms with van der Waals surface area (Å²) in [6, 6.07) is 4.16. The molecule has 1 unspecified atom stereocenters. The molecule has 0 aliphatic rings. The van der Waals surface area contributed by atoms with Gasteiger partial charge in [0.15, 0.2) is 0 Å². The predicted molar refractivity (Wildman–Crippen MR) is 64.5 cm³/mol. The van der Waals surface area contributed by atoms with Crippen molar-refractivity contribution in [2.75, 3.05) is 30.9 Å². The highest BCUT2D eigenvalue weighted by atomic mass is 15.3. The Morgan fingerprint density at radius 1 is 1.44 bits per heavy atom. The molecule has 1 aromatic heterocycles. The van der Waals surface area contributed by atoms with Gasteiger partial charge in [0.1, 0.15) is 5.82 Å². The lowest BCUT2D eigenvalue weighted by Crippen LogP contribution is -2.29. The second-order valence-electron chi connectivity index (χ2n) is 3.93. The van der Waals surface area contributed by atoms with Gasteiger partial charge in [0.05, 0.1) is 12.5 Å². The minimum absolute atomic E-state index is 0.148. The maximum atomic E-state index is 8.66. The Bertz CT molecular complexity index is 382. The van der Waals surface area contributed by atoms with Gasteiger partial charge in [-0.1, -0.05) is 0 Å². The Kier molecular flexibility index (Phi) is 4.06. The largest absolute Gasteiger partial charge is 0.356 e. The number of anilines is 2. The number of hydrogen-bond donors (Lipinski definition) is 0. The molecule has 0 fully saturated rings. The first-order valence-corrected chi connectivity index (χ1v) is 5.16. The van der Waals surface area contributed by atoms with Crippen molar-refractivity contribution < 1.29 is 0 Å². The van der Waals surface area contributed by atoms with Gasteiger partial charge >= 0.3 is 0 Å². The minimum atomic E-state index is 0.148. The Labute approximate surface area is 96.3 Å². The maximum absolute atomic E-state index is 8.66. The Morgan fingerprint density at radius 3 is 2.69 bits per heavy atom. The molecule has 5 nitrogen and oxygen atoms in total. The number of aromatic nitrogens is 2. The topological polar surface area (TPSA) is 56.1 Å². The van der Waals surface area contributed by atoms with Gasteiger partial charge in [-0.15, -0.1) is 0 Å². The van der Waals surface area contributed by atoms with E-state index in [1.807, 2.05) is 43.9 Å². The molecule has 0 spiro atoms. The first kappa shape index (κ1) is 12.2. The van der Waals surface area contributed by atoms with Crippen molar-refractivity contribution in [3.05, 3.63) is 12.3 Å². The lowest BCUT2D eigenvalue weighted by Gasteiger charge is -2.24. The molecule has 0 saturated carbocycles. The van der Waals surface area contributed by atoms with E-state index >= 15 is 0 Å². The van der Waals surface area contributed by atoms with Gasteiger partial charge in [0.25, 0.3) is 0 Å². The lowest BCUT2D eigenvalue weighted by atomic mass is 10.2. The highest BCUT2D eigenvalue weighted by molar-refractivity contribution is 5.43. The smallest absolute Gasteiger partial charge is 0.226 e. The van der Waals surface area contributed by atoms with Crippen LogP contribution in [-0.2, 0) is 0 Å². The Balaban J connectivity index is 2.87. The van der Waals surface area contributed by atoms with Crippen LogP contribution in [0.2, 0.25) is 0 Å². The minimum Gasteiger partial charge on any atom is -0.356 e. The average Bonchev–Trinajstić information content (AvgIpc) is 2.28. The normalized spacial score (nSPS) is 11.7. The molecule has 1 heterocycles. The first-order valence-electron chi connectivity index (χ1n) is 5.16. The van der Waals surface area contributed by atoms with Gasteiger partial charge in [-0.05, 0) is 13.0 Å². The van der Waals surface area contributed by atoms with E-state index < -0.39 is 0 Å². The van der Waals surface area contributed by atoms with Gasteiger partial charge in [-0.25, -0.2) is 4.98 Å². The highest BCUT2D eigenvalue weighted by Gasteiger charge is 2.11. The van der Waals surface area contributed by atoms with Crippen molar-refractivity contribution >= 4 is 11.8 Å². The van der Waals surface area contributed by atoms with E-state index in [1.165, 1.54) is 0 Å². The SMILES string of the molecule is CC(CC#N)N(C)c1ccnc(N(C)C)n1. The summed E-state index contributed by atoms with van der Waals surface area (Å²) in [5.41, 5.74) is 0. The molecule has 16 heavy (non-hydrogen) atoms. The zero-order valence-electron chi connectivity index (χ0n) is 10.2. The number of nitrogens with zero attached hydrogens (tertiary/aromatic N) is 5. The van der Waals surface area contributed by atoms with E-state index in [2.05, 4.69) is 16.0 Å². The summed E-state index contributed by atoms with van der Waals surface area (Å²) >= 11 is 0. The van der Waals surface area contributed by atoms with Gasteiger partial charge in [0.2, 0.25) is 5.95 Å². The molecule has 0 N–H and O–H groups in total. The Morgan fingerprint density at radius 2 is 2.12 bits per heavy atom. The molecule has 0 aromatic carbocycles. The molecule has 0 aliphatic carbocycles. The van der Waals surface area contributed by atoms with E-state index in [0.29, 0.717) is 12.4 Å². The maximum Gasteiger partial charge on any atom is 0.226 e. The molecule has 86 valence electrons. The van der Waals surface area contributed by atoms with Crippen molar-refractivity contribution in [1.29, 1.82) is 5.26 Å². The van der Waals surface area contributed by atoms with Gasteiger partial charge in [-0.3, -0.25) is 0 Å². The third-order valence-electron chi connectivity index (χ3n) is 2.44. The van der Waals surface area contributed by atoms with Crippen molar-refractivity contribution in [1.82, 2.24) is 9.97 Å². The van der Waals surface area contributed by atoms with Crippen LogP contribution >= 0.6 is 0 Å². The molecule has 0 amide bonds. The van der Waals surface area contributed by atoms with Crippen LogP contribution in [0.3, 0.4) is 0 Å².